The maximum Gasteiger partial charge on any atom is 0.357 e. The van der Waals surface area contributed by atoms with Crippen molar-refractivity contribution in [3.63, 3.8) is 0 Å². The quantitative estimate of drug-likeness (QED) is 0.858. The van der Waals surface area contributed by atoms with Crippen molar-refractivity contribution >= 4 is 5.97 Å². The number of ether oxygens (including phenoxy) is 1. The number of benzene rings is 1. The van der Waals surface area contributed by atoms with Crippen LogP contribution in [0.4, 0.5) is 0 Å². The maximum absolute atomic E-state index is 11.9. The van der Waals surface area contributed by atoms with Gasteiger partial charge in [-0.25, -0.2) is 9.78 Å². The highest BCUT2D eigenvalue weighted by atomic mass is 16.5. The number of pyridine rings is 1. The monoisotopic (exact) mass is 285 g/mol. The molecule has 1 aromatic heterocycles. The molecule has 0 unspecified atom stereocenters. The van der Waals surface area contributed by atoms with Crippen molar-refractivity contribution in [2.75, 3.05) is 0 Å². The van der Waals surface area contributed by atoms with Crippen molar-refractivity contribution < 1.29 is 14.6 Å². The van der Waals surface area contributed by atoms with Gasteiger partial charge in [0.2, 0.25) is 0 Å². The van der Waals surface area contributed by atoms with Crippen LogP contribution in [-0.4, -0.2) is 22.2 Å². The van der Waals surface area contributed by atoms with Crippen molar-refractivity contribution in [1.29, 1.82) is 0 Å². The van der Waals surface area contributed by atoms with E-state index in [1.165, 1.54) is 0 Å². The van der Waals surface area contributed by atoms with E-state index in [0.717, 1.165) is 11.1 Å². The minimum atomic E-state index is -0.500. The van der Waals surface area contributed by atoms with Crippen LogP contribution in [0.5, 0.6) is 0 Å². The Labute approximate surface area is 124 Å². The fraction of sp³-hybridized carbons (Fsp3) is 0.294. The van der Waals surface area contributed by atoms with Gasteiger partial charge in [0, 0.05) is 11.8 Å². The van der Waals surface area contributed by atoms with E-state index in [-0.39, 0.29) is 18.4 Å². The molecule has 0 spiro atoms. The molecular weight excluding hydrogens is 266 g/mol. The Kier molecular flexibility index (Phi) is 5.06. The van der Waals surface area contributed by atoms with Gasteiger partial charge in [0.1, 0.15) is 0 Å². The van der Waals surface area contributed by atoms with Gasteiger partial charge in [0.05, 0.1) is 12.7 Å². The van der Waals surface area contributed by atoms with Gasteiger partial charge in [-0.3, -0.25) is 0 Å². The molecular formula is C17H19NO3. The van der Waals surface area contributed by atoms with Gasteiger partial charge in [0.25, 0.3) is 0 Å². The maximum atomic E-state index is 11.9. The fourth-order valence-corrected chi connectivity index (χ4v) is 2.06. The zero-order valence-electron chi connectivity index (χ0n) is 12.2. The molecule has 4 heteroatoms. The predicted octanol–water partition coefficient (Wildman–Crippen LogP) is 2.73. The number of hydrogen-bond acceptors (Lipinski definition) is 4. The van der Waals surface area contributed by atoms with Gasteiger partial charge < -0.3 is 9.84 Å². The van der Waals surface area contributed by atoms with Crippen LogP contribution in [0.15, 0.2) is 42.6 Å². The third-order valence-corrected chi connectivity index (χ3v) is 2.98. The van der Waals surface area contributed by atoms with Gasteiger partial charge in [-0.2, -0.15) is 0 Å². The van der Waals surface area contributed by atoms with Crippen LogP contribution < -0.4 is 0 Å². The Bertz CT molecular complexity index is 609. The van der Waals surface area contributed by atoms with E-state index in [4.69, 9.17) is 4.74 Å². The van der Waals surface area contributed by atoms with E-state index in [1.807, 2.05) is 30.3 Å². The van der Waals surface area contributed by atoms with Gasteiger partial charge in [-0.1, -0.05) is 30.3 Å². The summed E-state index contributed by atoms with van der Waals surface area (Å²) in [6, 6.07) is 11.8. The highest BCUT2D eigenvalue weighted by Crippen LogP contribution is 2.15. The molecule has 0 saturated heterocycles. The molecule has 110 valence electrons. The SMILES string of the molecule is CC(C)OC(=O)c1ncc(Cc2ccccc2)cc1CO. The number of esters is 1. The molecule has 0 amide bonds. The first-order valence-electron chi connectivity index (χ1n) is 6.93. The molecule has 2 aromatic rings. The standard InChI is InChI=1S/C17H19NO3/c1-12(2)21-17(20)16-15(11-19)9-14(10-18-16)8-13-6-4-3-5-7-13/h3-7,9-10,12,19H,8,11H2,1-2H3. The topological polar surface area (TPSA) is 59.4 Å². The first kappa shape index (κ1) is 15.2. The summed E-state index contributed by atoms with van der Waals surface area (Å²) in [7, 11) is 0. The second kappa shape index (κ2) is 6.99. The van der Waals surface area contributed by atoms with Crippen LogP contribution in [0.1, 0.15) is 41.0 Å². The summed E-state index contributed by atoms with van der Waals surface area (Å²) < 4.78 is 5.12. The highest BCUT2D eigenvalue weighted by Gasteiger charge is 2.16. The Balaban J connectivity index is 2.22. The number of rotatable bonds is 5. The third kappa shape index (κ3) is 4.13. The molecule has 0 fully saturated rings. The Morgan fingerprint density at radius 2 is 1.95 bits per heavy atom. The van der Waals surface area contributed by atoms with Gasteiger partial charge >= 0.3 is 5.97 Å². The van der Waals surface area contributed by atoms with Crippen LogP contribution in [0.2, 0.25) is 0 Å². The van der Waals surface area contributed by atoms with Crippen molar-refractivity contribution in [3.8, 4) is 0 Å². The van der Waals surface area contributed by atoms with E-state index < -0.39 is 5.97 Å². The molecule has 0 aliphatic rings. The lowest BCUT2D eigenvalue weighted by molar-refractivity contribution is 0.0367. The number of aromatic nitrogens is 1. The number of carbonyl (C=O) groups is 1. The summed E-state index contributed by atoms with van der Waals surface area (Å²) in [5, 5.41) is 9.44. The lowest BCUT2D eigenvalue weighted by atomic mass is 10.0. The summed E-state index contributed by atoms with van der Waals surface area (Å²) in [6.45, 7) is 3.32. The number of hydrogen-bond donors (Lipinski definition) is 1. The largest absolute Gasteiger partial charge is 0.458 e. The summed E-state index contributed by atoms with van der Waals surface area (Å²) in [5.74, 6) is -0.500. The molecule has 1 N–H and O–H groups in total. The molecule has 0 bridgehead atoms. The van der Waals surface area contributed by atoms with E-state index in [2.05, 4.69) is 4.98 Å². The minimum Gasteiger partial charge on any atom is -0.458 e. The van der Waals surface area contributed by atoms with Crippen LogP contribution in [0.3, 0.4) is 0 Å². The average Bonchev–Trinajstić information content (AvgIpc) is 2.47. The molecule has 1 aromatic carbocycles. The van der Waals surface area contributed by atoms with E-state index >= 15 is 0 Å². The van der Waals surface area contributed by atoms with Crippen LogP contribution in [-0.2, 0) is 17.8 Å². The van der Waals surface area contributed by atoms with Crippen LogP contribution in [0, 0.1) is 0 Å². The summed E-state index contributed by atoms with van der Waals surface area (Å²) in [5.41, 5.74) is 2.78. The van der Waals surface area contributed by atoms with Crippen molar-refractivity contribution in [3.05, 3.63) is 65.0 Å². The van der Waals surface area contributed by atoms with Crippen molar-refractivity contribution in [2.45, 2.75) is 33.0 Å². The van der Waals surface area contributed by atoms with Crippen molar-refractivity contribution in [2.24, 2.45) is 0 Å². The van der Waals surface area contributed by atoms with Gasteiger partial charge in [-0.15, -0.1) is 0 Å². The molecule has 0 atom stereocenters. The molecule has 2 rings (SSSR count). The molecule has 0 aliphatic heterocycles. The van der Waals surface area contributed by atoms with Gasteiger partial charge in [-0.05, 0) is 37.5 Å². The third-order valence-electron chi connectivity index (χ3n) is 2.98. The lowest BCUT2D eigenvalue weighted by Gasteiger charge is -2.11. The second-order valence-electron chi connectivity index (χ2n) is 5.13. The molecule has 4 nitrogen and oxygen atoms in total. The van der Waals surface area contributed by atoms with E-state index in [0.29, 0.717) is 12.0 Å². The minimum absolute atomic E-state index is 0.183. The molecule has 0 radical (unpaired) electrons. The molecule has 1 heterocycles. The van der Waals surface area contributed by atoms with Crippen LogP contribution in [0.25, 0.3) is 0 Å². The first-order chi connectivity index (χ1) is 10.1. The second-order valence-corrected chi connectivity index (χ2v) is 5.13. The highest BCUT2D eigenvalue weighted by molar-refractivity contribution is 5.89. The average molecular weight is 285 g/mol. The predicted molar refractivity (Wildman–Crippen MR) is 80.0 cm³/mol. The first-order valence-corrected chi connectivity index (χ1v) is 6.93. The number of aliphatic hydroxyl groups excluding tert-OH is 1. The normalized spacial score (nSPS) is 10.7. The smallest absolute Gasteiger partial charge is 0.357 e. The van der Waals surface area contributed by atoms with Crippen LogP contribution >= 0.6 is 0 Å². The summed E-state index contributed by atoms with van der Waals surface area (Å²) in [6.07, 6.45) is 2.15. The van der Waals surface area contributed by atoms with E-state index in [1.54, 1.807) is 26.1 Å². The summed E-state index contributed by atoms with van der Waals surface area (Å²) in [4.78, 5) is 16.1. The Hall–Kier alpha value is -2.20. The number of nitrogens with zero attached hydrogens (tertiary/aromatic N) is 1. The van der Waals surface area contributed by atoms with Crippen molar-refractivity contribution in [1.82, 2.24) is 4.98 Å². The van der Waals surface area contributed by atoms with Gasteiger partial charge in [0.15, 0.2) is 5.69 Å². The molecule has 21 heavy (non-hydrogen) atoms. The zero-order chi connectivity index (χ0) is 15.2. The number of aliphatic hydroxyl groups is 1. The molecule has 0 saturated carbocycles. The fourth-order valence-electron chi connectivity index (χ4n) is 2.06. The summed E-state index contributed by atoms with van der Waals surface area (Å²) >= 11 is 0. The van der Waals surface area contributed by atoms with E-state index in [9.17, 15) is 9.90 Å². The Morgan fingerprint density at radius 1 is 1.24 bits per heavy atom. The Morgan fingerprint density at radius 3 is 2.57 bits per heavy atom. The number of carbonyl (C=O) groups excluding carboxylic acids is 1. The molecule has 0 aliphatic carbocycles. The lowest BCUT2D eigenvalue weighted by Crippen LogP contribution is -2.15. The zero-order valence-corrected chi connectivity index (χ0v) is 12.2.